The quantitative estimate of drug-likeness (QED) is 0.635. The zero-order valence-corrected chi connectivity index (χ0v) is 15.8. The van der Waals surface area contributed by atoms with E-state index in [0.29, 0.717) is 13.1 Å². The molecule has 2 aromatic carbocycles. The van der Waals surface area contributed by atoms with Gasteiger partial charge < -0.3 is 10.3 Å². The maximum atomic E-state index is 12.1. The normalized spacial score (nSPS) is 11.2. The van der Waals surface area contributed by atoms with Crippen LogP contribution >= 0.6 is 15.9 Å². The van der Waals surface area contributed by atoms with E-state index in [4.69, 9.17) is 0 Å². The molecule has 3 rings (SSSR count). The predicted molar refractivity (Wildman–Crippen MR) is 105 cm³/mol. The summed E-state index contributed by atoms with van der Waals surface area (Å²) in [5, 5.41) is 4.24. The first-order valence-corrected chi connectivity index (χ1v) is 9.16. The monoisotopic (exact) mass is 399 g/mol. The number of halogens is 1. The van der Waals surface area contributed by atoms with E-state index < -0.39 is 0 Å². The van der Waals surface area contributed by atoms with Crippen LogP contribution in [0.25, 0.3) is 10.9 Å². The van der Waals surface area contributed by atoms with E-state index in [1.807, 2.05) is 42.4 Å². The zero-order chi connectivity index (χ0) is 17.6. The van der Waals surface area contributed by atoms with Gasteiger partial charge in [-0.15, -0.1) is 0 Å². The van der Waals surface area contributed by atoms with E-state index in [1.165, 1.54) is 16.5 Å². The van der Waals surface area contributed by atoms with Crippen molar-refractivity contribution < 1.29 is 4.79 Å². The summed E-state index contributed by atoms with van der Waals surface area (Å²) in [5.74, 6) is 0.0550. The Bertz CT molecular complexity index is 842. The molecule has 0 aliphatic heterocycles. The molecule has 1 aromatic heterocycles. The van der Waals surface area contributed by atoms with Crippen LogP contribution in [0.1, 0.15) is 11.1 Å². The molecular formula is C20H22BrN3O. The van der Waals surface area contributed by atoms with Gasteiger partial charge in [0.15, 0.2) is 0 Å². The number of carbonyl (C=O) groups is 1. The molecule has 0 fully saturated rings. The van der Waals surface area contributed by atoms with Gasteiger partial charge in [0.25, 0.3) is 0 Å². The molecule has 0 aliphatic rings. The summed E-state index contributed by atoms with van der Waals surface area (Å²) in [7, 11) is 1.96. The molecule has 1 heterocycles. The molecule has 0 spiro atoms. The minimum atomic E-state index is 0.0550. The molecule has 0 atom stereocenters. The molecule has 0 saturated carbocycles. The number of carbonyl (C=O) groups excluding carboxylic acids is 1. The number of nitrogens with zero attached hydrogens (tertiary/aromatic N) is 1. The molecule has 0 unspecified atom stereocenters. The van der Waals surface area contributed by atoms with Crippen molar-refractivity contribution in [3.63, 3.8) is 0 Å². The Morgan fingerprint density at radius 2 is 1.92 bits per heavy atom. The fraction of sp³-hybridized carbons (Fsp3) is 0.250. The largest absolute Gasteiger partial charge is 0.361 e. The first-order chi connectivity index (χ1) is 12.1. The van der Waals surface area contributed by atoms with Gasteiger partial charge in [0.2, 0.25) is 5.91 Å². The summed E-state index contributed by atoms with van der Waals surface area (Å²) in [6.45, 7) is 1.79. The van der Waals surface area contributed by atoms with Crippen LogP contribution in [0.5, 0.6) is 0 Å². The highest BCUT2D eigenvalue weighted by Gasteiger charge is 2.08. The third kappa shape index (κ3) is 4.94. The van der Waals surface area contributed by atoms with E-state index in [-0.39, 0.29) is 5.91 Å². The highest BCUT2D eigenvalue weighted by atomic mass is 79.9. The van der Waals surface area contributed by atoms with E-state index >= 15 is 0 Å². The second kappa shape index (κ2) is 8.32. The van der Waals surface area contributed by atoms with Gasteiger partial charge >= 0.3 is 0 Å². The fourth-order valence-electron chi connectivity index (χ4n) is 2.93. The molecule has 2 N–H and O–H groups in total. The van der Waals surface area contributed by atoms with Crippen molar-refractivity contribution in [2.45, 2.75) is 13.0 Å². The van der Waals surface area contributed by atoms with Crippen molar-refractivity contribution >= 4 is 32.7 Å². The number of rotatable bonds is 7. The summed E-state index contributed by atoms with van der Waals surface area (Å²) < 4.78 is 1.06. The molecule has 0 saturated heterocycles. The summed E-state index contributed by atoms with van der Waals surface area (Å²) >= 11 is 3.43. The molecule has 3 aromatic rings. The minimum Gasteiger partial charge on any atom is -0.361 e. The summed E-state index contributed by atoms with van der Waals surface area (Å²) in [6, 6.07) is 16.4. The lowest BCUT2D eigenvalue weighted by Gasteiger charge is -2.16. The molecule has 25 heavy (non-hydrogen) atoms. The number of likely N-dealkylation sites (N-methyl/N-ethyl adjacent to an activating group) is 1. The molecule has 130 valence electrons. The van der Waals surface area contributed by atoms with Crippen LogP contribution in [0, 0.1) is 0 Å². The predicted octanol–water partition coefficient (Wildman–Crippen LogP) is 3.72. The Balaban J connectivity index is 1.44. The van der Waals surface area contributed by atoms with Crippen molar-refractivity contribution in [3.05, 3.63) is 70.3 Å². The SMILES string of the molecule is CN(CC(=O)NCCc1c[nH]c2ccccc12)Cc1ccc(Br)cc1. The molecule has 0 bridgehead atoms. The van der Waals surface area contributed by atoms with Crippen LogP contribution in [-0.2, 0) is 17.8 Å². The molecule has 1 amide bonds. The number of fused-ring (bicyclic) bond motifs is 1. The van der Waals surface area contributed by atoms with Crippen LogP contribution in [-0.4, -0.2) is 35.9 Å². The number of aromatic nitrogens is 1. The maximum absolute atomic E-state index is 12.1. The van der Waals surface area contributed by atoms with Crippen LogP contribution < -0.4 is 5.32 Å². The fourth-order valence-corrected chi connectivity index (χ4v) is 3.20. The number of hydrogen-bond donors (Lipinski definition) is 2. The number of amides is 1. The van der Waals surface area contributed by atoms with Crippen molar-refractivity contribution in [3.8, 4) is 0 Å². The Morgan fingerprint density at radius 3 is 2.72 bits per heavy atom. The lowest BCUT2D eigenvalue weighted by molar-refractivity contribution is -0.122. The standard InChI is InChI=1S/C20H22BrN3O/c1-24(13-15-6-8-17(21)9-7-15)14-20(25)22-11-10-16-12-23-19-5-3-2-4-18(16)19/h2-9,12,23H,10-11,13-14H2,1H3,(H,22,25). The second-order valence-corrected chi connectivity index (χ2v) is 7.17. The van der Waals surface area contributed by atoms with Gasteiger partial charge in [0, 0.05) is 34.7 Å². The number of para-hydroxylation sites is 1. The number of benzene rings is 2. The number of hydrogen-bond acceptors (Lipinski definition) is 2. The van der Waals surface area contributed by atoms with Crippen molar-refractivity contribution in [1.82, 2.24) is 15.2 Å². The van der Waals surface area contributed by atoms with E-state index in [9.17, 15) is 4.79 Å². The zero-order valence-electron chi connectivity index (χ0n) is 14.3. The Morgan fingerprint density at radius 1 is 1.16 bits per heavy atom. The van der Waals surface area contributed by atoms with Gasteiger partial charge in [0.05, 0.1) is 6.54 Å². The molecule has 0 aliphatic carbocycles. The Kier molecular flexibility index (Phi) is 5.89. The molecular weight excluding hydrogens is 378 g/mol. The molecule has 0 radical (unpaired) electrons. The van der Waals surface area contributed by atoms with Gasteiger partial charge in [-0.2, -0.15) is 0 Å². The van der Waals surface area contributed by atoms with Gasteiger partial charge in [-0.25, -0.2) is 0 Å². The first-order valence-electron chi connectivity index (χ1n) is 8.36. The van der Waals surface area contributed by atoms with Crippen molar-refractivity contribution in [2.75, 3.05) is 20.1 Å². The highest BCUT2D eigenvalue weighted by Crippen LogP contribution is 2.17. The minimum absolute atomic E-state index is 0.0550. The third-order valence-electron chi connectivity index (χ3n) is 4.17. The van der Waals surface area contributed by atoms with E-state index in [1.54, 1.807) is 0 Å². The number of nitrogens with one attached hydrogen (secondary N) is 2. The second-order valence-electron chi connectivity index (χ2n) is 6.26. The Labute approximate surface area is 156 Å². The van der Waals surface area contributed by atoms with E-state index in [2.05, 4.69) is 50.5 Å². The molecule has 5 heteroatoms. The average Bonchev–Trinajstić information content (AvgIpc) is 3.00. The van der Waals surface area contributed by atoms with Crippen LogP contribution in [0.3, 0.4) is 0 Å². The van der Waals surface area contributed by atoms with Gasteiger partial charge in [-0.1, -0.05) is 46.3 Å². The number of H-pyrrole nitrogens is 1. The first kappa shape index (κ1) is 17.7. The van der Waals surface area contributed by atoms with Crippen LogP contribution in [0.2, 0.25) is 0 Å². The van der Waals surface area contributed by atoms with Gasteiger partial charge in [0.1, 0.15) is 0 Å². The summed E-state index contributed by atoms with van der Waals surface area (Å²) in [6.07, 6.45) is 2.85. The van der Waals surface area contributed by atoms with E-state index in [0.717, 1.165) is 23.0 Å². The van der Waals surface area contributed by atoms with Crippen molar-refractivity contribution in [2.24, 2.45) is 0 Å². The van der Waals surface area contributed by atoms with Gasteiger partial charge in [-0.3, -0.25) is 9.69 Å². The lowest BCUT2D eigenvalue weighted by Crippen LogP contribution is -2.35. The topological polar surface area (TPSA) is 48.1 Å². The summed E-state index contributed by atoms with van der Waals surface area (Å²) in [5.41, 5.74) is 3.56. The summed E-state index contributed by atoms with van der Waals surface area (Å²) in [4.78, 5) is 17.4. The van der Waals surface area contributed by atoms with Crippen molar-refractivity contribution in [1.29, 1.82) is 0 Å². The average molecular weight is 400 g/mol. The maximum Gasteiger partial charge on any atom is 0.234 e. The highest BCUT2D eigenvalue weighted by molar-refractivity contribution is 9.10. The van der Waals surface area contributed by atoms with Crippen LogP contribution in [0.4, 0.5) is 0 Å². The van der Waals surface area contributed by atoms with Gasteiger partial charge in [-0.05, 0) is 42.8 Å². The van der Waals surface area contributed by atoms with Crippen LogP contribution in [0.15, 0.2) is 59.2 Å². The molecule has 4 nitrogen and oxygen atoms in total. The smallest absolute Gasteiger partial charge is 0.234 e. The third-order valence-corrected chi connectivity index (χ3v) is 4.70. The number of aromatic amines is 1. The lowest BCUT2D eigenvalue weighted by atomic mass is 10.1. The Hall–Kier alpha value is -2.11.